The molecule has 0 aliphatic rings. The Kier molecular flexibility index (Phi) is 4.98. The van der Waals surface area contributed by atoms with Gasteiger partial charge in [0.05, 0.1) is 9.85 Å². The fraction of sp³-hybridized carbons (Fsp3) is 0. The molecule has 0 aromatic heterocycles. The van der Waals surface area contributed by atoms with Crippen molar-refractivity contribution in [3.8, 4) is 0 Å². The van der Waals surface area contributed by atoms with Gasteiger partial charge in [-0.3, -0.25) is 20.2 Å². The molecule has 0 aliphatic carbocycles. The van der Waals surface area contributed by atoms with Crippen LogP contribution in [0.1, 0.15) is 0 Å². The van der Waals surface area contributed by atoms with Crippen molar-refractivity contribution in [2.75, 3.05) is 0 Å². The highest BCUT2D eigenvalue weighted by Crippen LogP contribution is 2.24. The van der Waals surface area contributed by atoms with Crippen LogP contribution in [0.2, 0.25) is 0 Å². The third kappa shape index (κ3) is 4.01. The molecule has 2 aromatic carbocycles. The van der Waals surface area contributed by atoms with Gasteiger partial charge in [0.2, 0.25) is 0 Å². The summed E-state index contributed by atoms with van der Waals surface area (Å²) in [6, 6.07) is 17.0. The second-order valence-corrected chi connectivity index (χ2v) is 3.16. The molecule has 6 heteroatoms. The molecule has 6 nitrogen and oxygen atoms in total. The van der Waals surface area contributed by atoms with Gasteiger partial charge in [-0.1, -0.05) is 48.5 Å². The molecular weight excluding hydrogens is 236 g/mol. The Morgan fingerprint density at radius 1 is 0.611 bits per heavy atom. The molecule has 0 N–H and O–H groups in total. The number of hydrogen-bond donors (Lipinski definition) is 0. The van der Waals surface area contributed by atoms with Crippen molar-refractivity contribution >= 4 is 11.4 Å². The van der Waals surface area contributed by atoms with Crippen molar-refractivity contribution in [1.29, 1.82) is 0 Å². The van der Waals surface area contributed by atoms with E-state index in [9.17, 15) is 20.2 Å². The second kappa shape index (κ2) is 6.74. The summed E-state index contributed by atoms with van der Waals surface area (Å²) in [5, 5.41) is 20.5. The molecule has 0 atom stereocenters. The van der Waals surface area contributed by atoms with Crippen molar-refractivity contribution in [3.05, 3.63) is 80.9 Å². The summed E-state index contributed by atoms with van der Waals surface area (Å²) in [6.07, 6.45) is 0. The monoisotopic (exact) mass is 246 g/mol. The molecular formula is C12H10N2O4. The number of nitro benzene ring substituents is 2. The van der Waals surface area contributed by atoms with Gasteiger partial charge in [0.1, 0.15) is 0 Å². The fourth-order valence-corrected chi connectivity index (χ4v) is 1.16. The summed E-state index contributed by atoms with van der Waals surface area (Å²) in [6.45, 7) is 0. The fourth-order valence-electron chi connectivity index (χ4n) is 1.16. The van der Waals surface area contributed by atoms with E-state index in [1.54, 1.807) is 0 Å². The van der Waals surface area contributed by atoms with Gasteiger partial charge in [0.25, 0.3) is 0 Å². The van der Waals surface area contributed by atoms with Crippen LogP contribution in [0.25, 0.3) is 0 Å². The Bertz CT molecular complexity index is 469. The van der Waals surface area contributed by atoms with Crippen molar-refractivity contribution in [2.24, 2.45) is 0 Å². The Labute approximate surface area is 103 Å². The van der Waals surface area contributed by atoms with Gasteiger partial charge in [0.15, 0.2) is 0 Å². The molecule has 2 rings (SSSR count). The third-order valence-electron chi connectivity index (χ3n) is 1.94. The predicted molar refractivity (Wildman–Crippen MR) is 66.2 cm³/mol. The molecule has 0 aliphatic heterocycles. The molecule has 0 saturated heterocycles. The molecule has 0 saturated carbocycles. The van der Waals surface area contributed by atoms with Gasteiger partial charge >= 0.3 is 11.4 Å². The summed E-state index contributed by atoms with van der Waals surface area (Å²) in [5.74, 6) is 0. The van der Waals surface area contributed by atoms with Crippen molar-refractivity contribution in [3.63, 3.8) is 0 Å². The van der Waals surface area contributed by atoms with Gasteiger partial charge in [-0.2, -0.15) is 0 Å². The largest absolute Gasteiger partial charge is 0.346 e. The molecule has 2 aromatic rings. The highest BCUT2D eigenvalue weighted by atomic mass is 16.6. The highest BCUT2D eigenvalue weighted by molar-refractivity contribution is 5.51. The minimum atomic E-state index is -0.780. The lowest BCUT2D eigenvalue weighted by molar-refractivity contribution is -0.422. The minimum absolute atomic E-state index is 0.484. The molecule has 0 amide bonds. The summed E-state index contributed by atoms with van der Waals surface area (Å²) in [5.41, 5.74) is -0.968. The summed E-state index contributed by atoms with van der Waals surface area (Å²) < 4.78 is 0. The van der Waals surface area contributed by atoms with E-state index in [0.717, 1.165) is 12.1 Å². The van der Waals surface area contributed by atoms with E-state index >= 15 is 0 Å². The SMILES string of the molecule is O=[N+]([O-])c1ccccc1[N+](=O)[O-].c1ccccc1. The first-order chi connectivity index (χ1) is 8.63. The minimum Gasteiger partial charge on any atom is -0.258 e. The molecule has 0 heterocycles. The number of rotatable bonds is 2. The van der Waals surface area contributed by atoms with Crippen LogP contribution in [0.15, 0.2) is 60.7 Å². The van der Waals surface area contributed by atoms with Crippen molar-refractivity contribution < 1.29 is 9.85 Å². The zero-order valence-corrected chi connectivity index (χ0v) is 9.30. The zero-order valence-electron chi connectivity index (χ0n) is 9.30. The van der Waals surface area contributed by atoms with E-state index in [4.69, 9.17) is 0 Å². The van der Waals surface area contributed by atoms with Crippen LogP contribution in [-0.4, -0.2) is 9.85 Å². The summed E-state index contributed by atoms with van der Waals surface area (Å²) >= 11 is 0. The standard InChI is InChI=1S/C6H4N2O4.C6H6/c9-7(10)5-3-1-2-4-6(5)8(11)12;1-2-4-6-5-3-1/h1-4H;1-6H. The molecule has 18 heavy (non-hydrogen) atoms. The summed E-state index contributed by atoms with van der Waals surface area (Å²) in [4.78, 5) is 18.9. The lowest BCUT2D eigenvalue weighted by atomic mass is 10.3. The Balaban J connectivity index is 0.000000225. The van der Waals surface area contributed by atoms with Gasteiger partial charge in [-0.25, -0.2) is 0 Å². The van der Waals surface area contributed by atoms with E-state index in [0.29, 0.717) is 0 Å². The van der Waals surface area contributed by atoms with Crippen molar-refractivity contribution in [1.82, 2.24) is 0 Å². The number of hydrogen-bond acceptors (Lipinski definition) is 4. The number of para-hydroxylation sites is 2. The predicted octanol–water partition coefficient (Wildman–Crippen LogP) is 3.19. The summed E-state index contributed by atoms with van der Waals surface area (Å²) in [7, 11) is 0. The van der Waals surface area contributed by atoms with Crippen molar-refractivity contribution in [2.45, 2.75) is 0 Å². The van der Waals surface area contributed by atoms with E-state index in [1.807, 2.05) is 36.4 Å². The van der Waals surface area contributed by atoms with Crippen LogP contribution in [0.5, 0.6) is 0 Å². The van der Waals surface area contributed by atoms with E-state index in [1.165, 1.54) is 12.1 Å². The normalized spacial score (nSPS) is 8.89. The first-order valence-corrected chi connectivity index (χ1v) is 5.00. The Morgan fingerprint density at radius 2 is 0.889 bits per heavy atom. The zero-order chi connectivity index (χ0) is 13.4. The molecule has 92 valence electrons. The van der Waals surface area contributed by atoms with E-state index < -0.39 is 21.2 Å². The van der Waals surface area contributed by atoms with Crippen LogP contribution < -0.4 is 0 Å². The van der Waals surface area contributed by atoms with Crippen LogP contribution in [0.4, 0.5) is 11.4 Å². The average molecular weight is 246 g/mol. The smallest absolute Gasteiger partial charge is 0.258 e. The Morgan fingerprint density at radius 3 is 1.11 bits per heavy atom. The molecule has 0 unspecified atom stereocenters. The lowest BCUT2D eigenvalue weighted by Crippen LogP contribution is -1.95. The van der Waals surface area contributed by atoms with Gasteiger partial charge in [-0.15, -0.1) is 0 Å². The van der Waals surface area contributed by atoms with E-state index in [-0.39, 0.29) is 0 Å². The number of nitro groups is 2. The maximum atomic E-state index is 10.2. The average Bonchev–Trinajstić information content (AvgIpc) is 2.41. The van der Waals surface area contributed by atoms with Gasteiger partial charge in [-0.05, 0) is 0 Å². The lowest BCUT2D eigenvalue weighted by Gasteiger charge is -1.91. The maximum absolute atomic E-state index is 10.2. The molecule has 0 radical (unpaired) electrons. The Hall–Kier alpha value is -2.76. The van der Waals surface area contributed by atoms with Crippen LogP contribution in [-0.2, 0) is 0 Å². The molecule has 0 fully saturated rings. The van der Waals surface area contributed by atoms with Gasteiger partial charge in [0, 0.05) is 12.1 Å². The molecule has 0 bridgehead atoms. The maximum Gasteiger partial charge on any atom is 0.346 e. The number of nitrogens with zero attached hydrogens (tertiary/aromatic N) is 2. The number of benzene rings is 2. The first kappa shape index (κ1) is 13.3. The second-order valence-electron chi connectivity index (χ2n) is 3.16. The van der Waals surface area contributed by atoms with Crippen LogP contribution >= 0.6 is 0 Å². The first-order valence-electron chi connectivity index (χ1n) is 5.00. The molecule has 0 spiro atoms. The quantitative estimate of drug-likeness (QED) is 0.601. The topological polar surface area (TPSA) is 86.3 Å². The third-order valence-corrected chi connectivity index (χ3v) is 1.94. The van der Waals surface area contributed by atoms with Crippen LogP contribution in [0.3, 0.4) is 0 Å². The van der Waals surface area contributed by atoms with Gasteiger partial charge < -0.3 is 0 Å². The van der Waals surface area contributed by atoms with E-state index in [2.05, 4.69) is 0 Å². The van der Waals surface area contributed by atoms with Crippen LogP contribution in [0, 0.1) is 20.2 Å². The highest BCUT2D eigenvalue weighted by Gasteiger charge is 2.21.